The number of nitrogens with one attached hydrogen (secondary N) is 1. The van der Waals surface area contributed by atoms with Crippen LogP contribution in [-0.4, -0.2) is 17.2 Å². The Kier molecular flexibility index (Phi) is 3.43. The molecule has 0 aliphatic rings. The molecule has 2 aromatic rings. The van der Waals surface area contributed by atoms with E-state index in [1.807, 2.05) is 0 Å². The first kappa shape index (κ1) is 11.4. The van der Waals surface area contributed by atoms with Crippen molar-refractivity contribution in [2.45, 2.75) is 6.54 Å². The maximum Gasteiger partial charge on any atom is 0.247 e. The number of aromatic nitrogens is 2. The second-order valence-electron chi connectivity index (χ2n) is 3.19. The Bertz CT molecular complexity index is 478. The van der Waals surface area contributed by atoms with E-state index in [-0.39, 0.29) is 0 Å². The van der Waals surface area contributed by atoms with Crippen LogP contribution in [0.25, 0.3) is 11.5 Å². The zero-order chi connectivity index (χ0) is 11.5. The van der Waals surface area contributed by atoms with Gasteiger partial charge in [0.05, 0.1) is 6.54 Å². The fourth-order valence-electron chi connectivity index (χ4n) is 1.27. The molecule has 0 aliphatic carbocycles. The molecule has 0 unspecified atom stereocenters. The highest BCUT2D eigenvalue weighted by Crippen LogP contribution is 2.26. The molecule has 1 aromatic heterocycles. The lowest BCUT2D eigenvalue weighted by Crippen LogP contribution is -2.04. The number of rotatable bonds is 3. The Morgan fingerprint density at radius 2 is 1.88 bits per heavy atom. The third-order valence-electron chi connectivity index (χ3n) is 1.90. The largest absolute Gasteiger partial charge is 0.419 e. The molecule has 0 bridgehead atoms. The normalized spacial score (nSPS) is 10.7. The van der Waals surface area contributed by atoms with E-state index in [1.165, 1.54) is 0 Å². The second kappa shape index (κ2) is 4.82. The molecule has 1 aromatic carbocycles. The van der Waals surface area contributed by atoms with Gasteiger partial charge in [-0.15, -0.1) is 10.2 Å². The van der Waals surface area contributed by atoms with E-state index in [9.17, 15) is 0 Å². The molecule has 0 aliphatic heterocycles. The fraction of sp³-hybridized carbons (Fsp3) is 0.200. The lowest BCUT2D eigenvalue weighted by molar-refractivity contribution is 0.490. The molecule has 0 amide bonds. The van der Waals surface area contributed by atoms with E-state index in [0.29, 0.717) is 33.9 Å². The summed E-state index contributed by atoms with van der Waals surface area (Å²) >= 11 is 11.8. The highest BCUT2D eigenvalue weighted by Gasteiger charge is 2.09. The van der Waals surface area contributed by atoms with Crippen molar-refractivity contribution < 1.29 is 4.42 Å². The van der Waals surface area contributed by atoms with Crippen LogP contribution in [0.2, 0.25) is 10.0 Å². The van der Waals surface area contributed by atoms with Gasteiger partial charge >= 0.3 is 0 Å². The van der Waals surface area contributed by atoms with Gasteiger partial charge in [-0.25, -0.2) is 0 Å². The van der Waals surface area contributed by atoms with Gasteiger partial charge in [-0.3, -0.25) is 0 Å². The lowest BCUT2D eigenvalue weighted by atomic mass is 10.2. The number of hydrogen-bond acceptors (Lipinski definition) is 4. The quantitative estimate of drug-likeness (QED) is 0.919. The van der Waals surface area contributed by atoms with Crippen LogP contribution >= 0.6 is 23.2 Å². The van der Waals surface area contributed by atoms with Crippen LogP contribution in [0, 0.1) is 0 Å². The van der Waals surface area contributed by atoms with Crippen molar-refractivity contribution in [2.24, 2.45) is 0 Å². The summed E-state index contributed by atoms with van der Waals surface area (Å²) in [6, 6.07) is 5.10. The minimum Gasteiger partial charge on any atom is -0.419 e. The molecular weight excluding hydrogens is 249 g/mol. The zero-order valence-corrected chi connectivity index (χ0v) is 10.0. The van der Waals surface area contributed by atoms with Gasteiger partial charge in [-0.1, -0.05) is 23.2 Å². The van der Waals surface area contributed by atoms with Gasteiger partial charge in [0.1, 0.15) is 0 Å². The third kappa shape index (κ3) is 2.52. The van der Waals surface area contributed by atoms with Crippen molar-refractivity contribution >= 4 is 23.2 Å². The standard InChI is InChI=1S/C10H9Cl2N3O/c1-13-5-9-14-15-10(16-9)6-2-7(11)4-8(12)3-6/h2-4,13H,5H2,1H3. The van der Waals surface area contributed by atoms with Gasteiger partial charge < -0.3 is 9.73 Å². The molecule has 0 saturated carbocycles. The lowest BCUT2D eigenvalue weighted by Gasteiger charge is -1.97. The van der Waals surface area contributed by atoms with Crippen LogP contribution in [0.1, 0.15) is 5.89 Å². The summed E-state index contributed by atoms with van der Waals surface area (Å²) in [5, 5.41) is 11.8. The Labute approximate surface area is 103 Å². The predicted molar refractivity (Wildman–Crippen MR) is 62.5 cm³/mol. The summed E-state index contributed by atoms with van der Waals surface area (Å²) in [7, 11) is 1.81. The first-order valence-corrected chi connectivity index (χ1v) is 5.38. The monoisotopic (exact) mass is 257 g/mol. The van der Waals surface area contributed by atoms with Crippen molar-refractivity contribution in [2.75, 3.05) is 7.05 Å². The molecular formula is C10H9Cl2N3O. The molecule has 6 heteroatoms. The van der Waals surface area contributed by atoms with Crippen molar-refractivity contribution in [3.8, 4) is 11.5 Å². The number of halogens is 2. The molecule has 1 N–H and O–H groups in total. The van der Waals surface area contributed by atoms with Crippen LogP contribution in [0.3, 0.4) is 0 Å². The van der Waals surface area contributed by atoms with E-state index in [4.69, 9.17) is 27.6 Å². The van der Waals surface area contributed by atoms with E-state index in [1.54, 1.807) is 25.2 Å². The summed E-state index contributed by atoms with van der Waals surface area (Å²) in [5.41, 5.74) is 0.715. The SMILES string of the molecule is CNCc1nnc(-c2cc(Cl)cc(Cl)c2)o1. The molecule has 4 nitrogen and oxygen atoms in total. The van der Waals surface area contributed by atoms with Crippen LogP contribution in [0.4, 0.5) is 0 Å². The van der Waals surface area contributed by atoms with Crippen LogP contribution in [0.5, 0.6) is 0 Å². The fourth-order valence-corrected chi connectivity index (χ4v) is 1.80. The van der Waals surface area contributed by atoms with Crippen molar-refractivity contribution in [1.29, 1.82) is 0 Å². The summed E-state index contributed by atoms with van der Waals surface area (Å²) in [5.74, 6) is 0.934. The van der Waals surface area contributed by atoms with Gasteiger partial charge in [0, 0.05) is 15.6 Å². The second-order valence-corrected chi connectivity index (χ2v) is 4.06. The molecule has 0 radical (unpaired) electrons. The maximum atomic E-state index is 5.88. The van der Waals surface area contributed by atoms with Crippen LogP contribution < -0.4 is 5.32 Å². The summed E-state index contributed by atoms with van der Waals surface area (Å²) in [4.78, 5) is 0. The van der Waals surface area contributed by atoms with Crippen LogP contribution in [-0.2, 0) is 6.54 Å². The van der Waals surface area contributed by atoms with Crippen molar-refractivity contribution in [1.82, 2.24) is 15.5 Å². The maximum absolute atomic E-state index is 5.88. The van der Waals surface area contributed by atoms with Gasteiger partial charge in [-0.05, 0) is 25.2 Å². The Hall–Kier alpha value is -1.10. The minimum atomic E-state index is 0.412. The highest BCUT2D eigenvalue weighted by molar-refractivity contribution is 6.35. The Morgan fingerprint density at radius 3 is 2.50 bits per heavy atom. The summed E-state index contributed by atoms with van der Waals surface area (Å²) in [6.07, 6.45) is 0. The van der Waals surface area contributed by atoms with Gasteiger partial charge in [-0.2, -0.15) is 0 Å². The number of hydrogen-bond donors (Lipinski definition) is 1. The zero-order valence-electron chi connectivity index (χ0n) is 8.50. The van der Waals surface area contributed by atoms with Gasteiger partial charge in [0.15, 0.2) is 0 Å². The van der Waals surface area contributed by atoms with E-state index in [0.717, 1.165) is 0 Å². The molecule has 84 valence electrons. The average molecular weight is 258 g/mol. The first-order valence-electron chi connectivity index (χ1n) is 4.62. The topological polar surface area (TPSA) is 51.0 Å². The molecule has 16 heavy (non-hydrogen) atoms. The highest BCUT2D eigenvalue weighted by atomic mass is 35.5. The first-order chi connectivity index (χ1) is 7.69. The molecule has 0 saturated heterocycles. The van der Waals surface area contributed by atoms with Crippen molar-refractivity contribution in [3.05, 3.63) is 34.1 Å². The predicted octanol–water partition coefficient (Wildman–Crippen LogP) is 2.76. The third-order valence-corrected chi connectivity index (χ3v) is 2.34. The van der Waals surface area contributed by atoms with E-state index in [2.05, 4.69) is 15.5 Å². The number of benzene rings is 1. The molecule has 2 rings (SSSR count). The van der Waals surface area contributed by atoms with E-state index >= 15 is 0 Å². The molecule has 0 atom stereocenters. The molecule has 1 heterocycles. The molecule has 0 spiro atoms. The van der Waals surface area contributed by atoms with E-state index < -0.39 is 0 Å². The Morgan fingerprint density at radius 1 is 1.19 bits per heavy atom. The Balaban J connectivity index is 2.34. The summed E-state index contributed by atoms with van der Waals surface area (Å²) < 4.78 is 5.42. The molecule has 0 fully saturated rings. The van der Waals surface area contributed by atoms with Gasteiger partial charge in [0.2, 0.25) is 11.8 Å². The van der Waals surface area contributed by atoms with Crippen LogP contribution in [0.15, 0.2) is 22.6 Å². The van der Waals surface area contributed by atoms with Gasteiger partial charge in [0.25, 0.3) is 0 Å². The average Bonchev–Trinajstić information content (AvgIpc) is 2.65. The number of nitrogens with zero attached hydrogens (tertiary/aromatic N) is 2. The summed E-state index contributed by atoms with van der Waals surface area (Å²) in [6.45, 7) is 0.529. The van der Waals surface area contributed by atoms with Crippen molar-refractivity contribution in [3.63, 3.8) is 0 Å². The smallest absolute Gasteiger partial charge is 0.247 e. The minimum absolute atomic E-state index is 0.412.